The quantitative estimate of drug-likeness (QED) is 0.551. The molecule has 138 valence electrons. The molecule has 27 heavy (non-hydrogen) atoms. The van der Waals surface area contributed by atoms with Crippen LogP contribution in [0, 0.1) is 0 Å². The van der Waals surface area contributed by atoms with Gasteiger partial charge in [0.15, 0.2) is 5.78 Å². The van der Waals surface area contributed by atoms with Crippen molar-refractivity contribution in [2.24, 2.45) is 0 Å². The average molecular weight is 382 g/mol. The Bertz CT molecular complexity index is 988. The number of carbonyl (C=O) groups excluding carboxylic acids is 1. The zero-order chi connectivity index (χ0) is 19.3. The van der Waals surface area contributed by atoms with Gasteiger partial charge in [0.05, 0.1) is 4.90 Å². The summed E-state index contributed by atoms with van der Waals surface area (Å²) >= 11 is 0. The number of ketones is 1. The van der Waals surface area contributed by atoms with Crippen molar-refractivity contribution in [1.29, 1.82) is 0 Å². The Balaban J connectivity index is 1.96. The highest BCUT2D eigenvalue weighted by atomic mass is 32.2. The van der Waals surface area contributed by atoms with E-state index in [0.29, 0.717) is 11.1 Å². The van der Waals surface area contributed by atoms with Gasteiger partial charge in [0, 0.05) is 17.9 Å². The van der Waals surface area contributed by atoms with Crippen LogP contribution in [0.25, 0.3) is 0 Å². The number of Topliss-reactive ketones (excluding diaryl/α,β-unsaturated/α-hetero) is 1. The molecule has 0 amide bonds. The summed E-state index contributed by atoms with van der Waals surface area (Å²) in [4.78, 5) is 12.5. The van der Waals surface area contributed by atoms with Crippen LogP contribution in [0.1, 0.15) is 28.3 Å². The Morgan fingerprint density at radius 2 is 1.26 bits per heavy atom. The first-order chi connectivity index (χ1) is 13.0. The Morgan fingerprint density at radius 1 is 0.778 bits per heavy atom. The van der Waals surface area contributed by atoms with Gasteiger partial charge in [-0.1, -0.05) is 78.9 Å². The largest absolute Gasteiger partial charge is 0.294 e. The van der Waals surface area contributed by atoms with Crippen LogP contribution in [-0.4, -0.2) is 19.7 Å². The minimum Gasteiger partial charge on any atom is -0.294 e. The number of alkyl halides is 1. The molecule has 0 heterocycles. The number of hydrogen-bond acceptors (Lipinski definition) is 3. The molecule has 3 aromatic rings. The number of hydrogen-bond donors (Lipinski definition) is 0. The van der Waals surface area contributed by atoms with Crippen LogP contribution in [0.4, 0.5) is 4.39 Å². The van der Waals surface area contributed by atoms with Crippen molar-refractivity contribution in [1.82, 2.24) is 0 Å². The summed E-state index contributed by atoms with van der Waals surface area (Å²) in [6.45, 7) is 0. The molecule has 2 unspecified atom stereocenters. The van der Waals surface area contributed by atoms with Crippen molar-refractivity contribution in [3.8, 4) is 0 Å². The summed E-state index contributed by atoms with van der Waals surface area (Å²) < 4.78 is 40.9. The average Bonchev–Trinajstić information content (AvgIpc) is 2.73. The third kappa shape index (κ3) is 4.31. The molecule has 2 atom stereocenters. The van der Waals surface area contributed by atoms with Crippen molar-refractivity contribution in [2.75, 3.05) is 0 Å². The van der Waals surface area contributed by atoms with Crippen molar-refractivity contribution >= 4 is 15.6 Å². The van der Waals surface area contributed by atoms with Gasteiger partial charge in [-0.25, -0.2) is 12.8 Å². The predicted octanol–water partition coefficient (Wildman–Crippen LogP) is 4.81. The molecule has 0 aliphatic rings. The first kappa shape index (κ1) is 19.0. The number of benzene rings is 3. The molecule has 0 saturated carbocycles. The monoisotopic (exact) mass is 382 g/mol. The SMILES string of the molecule is O=C(CC(c1ccccc1)C(F)S(=O)(=O)c1ccccc1)c1ccccc1. The molecular weight excluding hydrogens is 363 g/mol. The van der Waals surface area contributed by atoms with Gasteiger partial charge >= 0.3 is 0 Å². The van der Waals surface area contributed by atoms with Crippen LogP contribution >= 0.6 is 0 Å². The third-order valence-corrected chi connectivity index (χ3v) is 6.26. The lowest BCUT2D eigenvalue weighted by atomic mass is 9.92. The lowest BCUT2D eigenvalue weighted by molar-refractivity contribution is 0.0965. The van der Waals surface area contributed by atoms with Crippen molar-refractivity contribution in [3.63, 3.8) is 0 Å². The van der Waals surface area contributed by atoms with Gasteiger partial charge in [-0.3, -0.25) is 4.79 Å². The lowest BCUT2D eigenvalue weighted by Gasteiger charge is -2.21. The number of carbonyl (C=O) groups is 1. The molecule has 0 spiro atoms. The lowest BCUT2D eigenvalue weighted by Crippen LogP contribution is -2.26. The van der Waals surface area contributed by atoms with Crippen molar-refractivity contribution < 1.29 is 17.6 Å². The van der Waals surface area contributed by atoms with Gasteiger partial charge in [-0.2, -0.15) is 0 Å². The van der Waals surface area contributed by atoms with E-state index in [1.165, 1.54) is 12.1 Å². The van der Waals surface area contributed by atoms with E-state index in [1.807, 2.05) is 0 Å². The van der Waals surface area contributed by atoms with Gasteiger partial charge < -0.3 is 0 Å². The molecule has 0 N–H and O–H groups in total. The summed E-state index contributed by atoms with van der Waals surface area (Å²) in [5.41, 5.74) is -1.31. The highest BCUT2D eigenvalue weighted by molar-refractivity contribution is 7.92. The highest BCUT2D eigenvalue weighted by Crippen LogP contribution is 2.33. The number of sulfone groups is 1. The van der Waals surface area contributed by atoms with Gasteiger partial charge in [0.25, 0.3) is 0 Å². The topological polar surface area (TPSA) is 51.2 Å². The van der Waals surface area contributed by atoms with Crippen LogP contribution in [0.15, 0.2) is 95.9 Å². The van der Waals surface area contributed by atoms with Crippen LogP contribution in [0.3, 0.4) is 0 Å². The summed E-state index contributed by atoms with van der Waals surface area (Å²) in [5.74, 6) is -1.39. The molecule has 3 nitrogen and oxygen atoms in total. The van der Waals surface area contributed by atoms with Crippen molar-refractivity contribution in [3.05, 3.63) is 102 Å². The fourth-order valence-corrected chi connectivity index (χ4v) is 4.44. The highest BCUT2D eigenvalue weighted by Gasteiger charge is 2.37. The Labute approximate surface area is 158 Å². The fourth-order valence-electron chi connectivity index (χ4n) is 2.96. The van der Waals surface area contributed by atoms with Crippen LogP contribution in [0.2, 0.25) is 0 Å². The molecule has 3 rings (SSSR count). The normalized spacial score (nSPS) is 13.7. The first-order valence-corrected chi connectivity index (χ1v) is 10.1. The summed E-state index contributed by atoms with van der Waals surface area (Å²) in [7, 11) is -4.23. The molecule has 5 heteroatoms. The van der Waals surface area contributed by atoms with Gasteiger partial charge in [-0.05, 0) is 17.7 Å². The molecule has 0 aliphatic heterocycles. The minimum atomic E-state index is -4.23. The summed E-state index contributed by atoms with van der Waals surface area (Å²) in [6.07, 6.45) is -0.235. The maximum Gasteiger partial charge on any atom is 0.212 e. The van der Waals surface area contributed by atoms with Gasteiger partial charge in [-0.15, -0.1) is 0 Å². The Kier molecular flexibility index (Phi) is 5.81. The third-order valence-electron chi connectivity index (χ3n) is 4.41. The van der Waals surface area contributed by atoms with E-state index in [9.17, 15) is 13.2 Å². The van der Waals surface area contributed by atoms with Crippen molar-refractivity contribution in [2.45, 2.75) is 22.7 Å². The maximum absolute atomic E-state index is 15.4. The minimum absolute atomic E-state index is 0.0920. The zero-order valence-corrected chi connectivity index (χ0v) is 15.3. The van der Waals surface area contributed by atoms with Crippen LogP contribution in [0.5, 0.6) is 0 Å². The number of halogens is 1. The van der Waals surface area contributed by atoms with Gasteiger partial charge in [0.1, 0.15) is 0 Å². The molecule has 0 fully saturated rings. The van der Waals surface area contributed by atoms with E-state index in [1.54, 1.807) is 78.9 Å². The maximum atomic E-state index is 15.4. The van der Waals surface area contributed by atoms with E-state index < -0.39 is 21.3 Å². The second kappa shape index (κ2) is 8.27. The second-order valence-corrected chi connectivity index (χ2v) is 8.23. The predicted molar refractivity (Wildman–Crippen MR) is 103 cm³/mol. The molecule has 0 saturated heterocycles. The van der Waals surface area contributed by atoms with Crippen LogP contribution < -0.4 is 0 Å². The Hall–Kier alpha value is -2.79. The van der Waals surface area contributed by atoms with E-state index in [2.05, 4.69) is 0 Å². The summed E-state index contributed by atoms with van der Waals surface area (Å²) in [5, 5.41) is 0. The van der Waals surface area contributed by atoms with Gasteiger partial charge in [0.2, 0.25) is 15.3 Å². The zero-order valence-electron chi connectivity index (χ0n) is 14.5. The molecular formula is C22H19FO3S. The standard InChI is InChI=1S/C22H19FO3S/c23-22(27(25,26)19-14-8-3-9-15-19)20(17-10-4-1-5-11-17)16-21(24)18-12-6-2-7-13-18/h1-15,20,22H,16H2. The molecule has 0 radical (unpaired) electrons. The van der Waals surface area contributed by atoms with E-state index >= 15 is 4.39 Å². The van der Waals surface area contributed by atoms with E-state index in [-0.39, 0.29) is 17.1 Å². The number of rotatable bonds is 7. The molecule has 0 bridgehead atoms. The Morgan fingerprint density at radius 3 is 1.81 bits per heavy atom. The molecule has 0 aromatic heterocycles. The molecule has 3 aromatic carbocycles. The summed E-state index contributed by atoms with van der Waals surface area (Å²) in [6, 6.07) is 24.5. The first-order valence-electron chi connectivity index (χ1n) is 8.56. The molecule has 0 aliphatic carbocycles. The second-order valence-electron chi connectivity index (χ2n) is 6.22. The van der Waals surface area contributed by atoms with E-state index in [0.717, 1.165) is 0 Å². The fraction of sp³-hybridized carbons (Fsp3) is 0.136. The van der Waals surface area contributed by atoms with Crippen LogP contribution in [-0.2, 0) is 9.84 Å². The van der Waals surface area contributed by atoms with E-state index in [4.69, 9.17) is 0 Å². The smallest absolute Gasteiger partial charge is 0.212 e.